The van der Waals surface area contributed by atoms with Crippen LogP contribution in [-0.4, -0.2) is 30.7 Å². The molecule has 0 N–H and O–H groups in total. The van der Waals surface area contributed by atoms with Crippen LogP contribution in [0.15, 0.2) is 0 Å². The maximum Gasteiger partial charge on any atom is 0.0786 e. The number of hydrogen-bond donors (Lipinski definition) is 0. The molecule has 0 aliphatic rings. The normalized spacial score (nSPS) is 11.0. The van der Waals surface area contributed by atoms with Crippen molar-refractivity contribution in [2.45, 2.75) is 105 Å². The Kier molecular flexibility index (Phi) is 20.9. The first kappa shape index (κ1) is 24.7. The summed E-state index contributed by atoms with van der Waals surface area (Å²) in [5, 5.41) is 6.25. The largest absolute Gasteiger partial charge is 0.512 e. The highest BCUT2D eigenvalue weighted by Crippen LogP contribution is 2.18. The van der Waals surface area contributed by atoms with Crippen LogP contribution in [0.25, 0.3) is 0 Å². The summed E-state index contributed by atoms with van der Waals surface area (Å²) >= 11 is 0. The van der Waals surface area contributed by atoms with Crippen molar-refractivity contribution in [3.05, 3.63) is 6.57 Å². The van der Waals surface area contributed by atoms with Crippen LogP contribution in [-0.2, 0) is 0 Å². The molecule has 0 aromatic carbocycles. The summed E-state index contributed by atoms with van der Waals surface area (Å²) < 4.78 is 1.44. The van der Waals surface area contributed by atoms with Crippen molar-refractivity contribution < 1.29 is 4.48 Å². The van der Waals surface area contributed by atoms with Gasteiger partial charge in [0.2, 0.25) is 0 Å². The summed E-state index contributed by atoms with van der Waals surface area (Å²) in [6, 6.07) is 0. The van der Waals surface area contributed by atoms with E-state index in [4.69, 9.17) is 11.8 Å². The van der Waals surface area contributed by atoms with Gasteiger partial charge < -0.3 is 16.3 Å². The Hall–Kier alpha value is -0.550. The fourth-order valence-corrected chi connectivity index (χ4v) is 3.46. The van der Waals surface area contributed by atoms with Crippen LogP contribution in [0.2, 0.25) is 0 Å². The van der Waals surface area contributed by atoms with Crippen molar-refractivity contribution in [3.8, 4) is 0 Å². The van der Waals surface area contributed by atoms with E-state index in [-0.39, 0.29) is 0 Å². The van der Waals surface area contributed by atoms with Crippen molar-refractivity contribution in [3.63, 3.8) is 0 Å². The molecule has 0 heterocycles. The zero-order chi connectivity index (χ0) is 17.8. The van der Waals surface area contributed by atoms with E-state index in [0.29, 0.717) is 0 Å². The summed E-state index contributed by atoms with van der Waals surface area (Å²) in [5.41, 5.74) is 0. The Morgan fingerprint density at radius 3 is 0.870 bits per heavy atom. The van der Waals surface area contributed by atoms with Crippen LogP contribution in [0.5, 0.6) is 0 Å². The first-order valence-corrected chi connectivity index (χ1v) is 10.3. The molecule has 0 aliphatic heterocycles. The second-order valence-electron chi connectivity index (χ2n) is 7.06. The average molecular weight is 325 g/mol. The Balaban J connectivity index is 0. The number of quaternary nitrogens is 1. The van der Waals surface area contributed by atoms with E-state index < -0.39 is 0 Å². The quantitative estimate of drug-likeness (QED) is 0.177. The maximum atomic E-state index is 6.25. The Morgan fingerprint density at radius 2 is 0.696 bits per heavy atom. The van der Waals surface area contributed by atoms with E-state index in [1.54, 1.807) is 0 Å². The molecule has 0 fully saturated rings. The van der Waals surface area contributed by atoms with Gasteiger partial charge in [0.15, 0.2) is 0 Å². The second-order valence-corrected chi connectivity index (χ2v) is 7.06. The Labute approximate surface area is 147 Å². The standard InChI is InChI=1S/C20H44N.CN/c1-5-9-13-17-21(18-14-10-6-2,19-15-11-7-3)20-16-12-8-4;1-2/h5-20H2,1-4H3;/q+1;-1. The van der Waals surface area contributed by atoms with Gasteiger partial charge in [0, 0.05) is 0 Å². The van der Waals surface area contributed by atoms with Gasteiger partial charge in [0.05, 0.1) is 26.2 Å². The van der Waals surface area contributed by atoms with Crippen molar-refractivity contribution in [2.75, 3.05) is 26.2 Å². The van der Waals surface area contributed by atoms with Crippen LogP contribution in [0, 0.1) is 11.8 Å². The molecule has 0 atom stereocenters. The van der Waals surface area contributed by atoms with Crippen LogP contribution >= 0.6 is 0 Å². The van der Waals surface area contributed by atoms with Gasteiger partial charge in [-0.05, 0) is 51.4 Å². The van der Waals surface area contributed by atoms with Gasteiger partial charge >= 0.3 is 0 Å². The van der Waals surface area contributed by atoms with Crippen LogP contribution in [0.4, 0.5) is 0 Å². The molecule has 0 aliphatic carbocycles. The molecular formula is C21H44N2. The molecule has 2 nitrogen and oxygen atoms in total. The fraction of sp³-hybridized carbons (Fsp3) is 0.952. The van der Waals surface area contributed by atoms with E-state index in [1.807, 2.05) is 0 Å². The van der Waals surface area contributed by atoms with E-state index in [2.05, 4.69) is 27.7 Å². The maximum absolute atomic E-state index is 6.25. The molecule has 0 aromatic rings. The summed E-state index contributed by atoms with van der Waals surface area (Å²) in [5.74, 6) is 0. The minimum absolute atomic E-state index is 1.36. The predicted molar refractivity (Wildman–Crippen MR) is 103 cm³/mol. The minimum atomic E-state index is 1.36. The van der Waals surface area contributed by atoms with Crippen molar-refractivity contribution in [1.82, 2.24) is 0 Å². The first-order valence-electron chi connectivity index (χ1n) is 10.3. The van der Waals surface area contributed by atoms with Crippen LogP contribution in [0.1, 0.15) is 105 Å². The minimum Gasteiger partial charge on any atom is -0.512 e. The number of hydrogen-bond acceptors (Lipinski definition) is 1. The molecule has 0 radical (unpaired) electrons. The van der Waals surface area contributed by atoms with Gasteiger partial charge in [-0.1, -0.05) is 53.4 Å². The van der Waals surface area contributed by atoms with Gasteiger partial charge in [-0.25, -0.2) is 0 Å². The molecule has 0 saturated carbocycles. The first-order chi connectivity index (χ1) is 11.2. The fourth-order valence-electron chi connectivity index (χ4n) is 3.46. The summed E-state index contributed by atoms with van der Waals surface area (Å²) in [6.07, 6.45) is 16.9. The molecular weight excluding hydrogens is 280 g/mol. The van der Waals surface area contributed by atoms with Crippen molar-refractivity contribution >= 4 is 0 Å². The van der Waals surface area contributed by atoms with Gasteiger partial charge in [-0.2, -0.15) is 0 Å². The number of rotatable bonds is 16. The Morgan fingerprint density at radius 1 is 0.478 bits per heavy atom. The van der Waals surface area contributed by atoms with E-state index in [9.17, 15) is 0 Å². The third-order valence-corrected chi connectivity index (χ3v) is 4.94. The zero-order valence-electron chi connectivity index (χ0n) is 16.7. The molecule has 0 unspecified atom stereocenters. The number of nitrogens with zero attached hydrogens (tertiary/aromatic N) is 2. The molecule has 2 heteroatoms. The average Bonchev–Trinajstić information content (AvgIpc) is 2.57. The topological polar surface area (TPSA) is 23.8 Å². The smallest absolute Gasteiger partial charge is 0.0786 e. The third-order valence-electron chi connectivity index (χ3n) is 4.94. The van der Waals surface area contributed by atoms with Gasteiger partial charge in [0.25, 0.3) is 0 Å². The lowest BCUT2D eigenvalue weighted by atomic mass is 10.1. The molecule has 0 bridgehead atoms. The molecule has 0 amide bonds. The van der Waals surface area contributed by atoms with E-state index in [1.165, 1.54) is 108 Å². The van der Waals surface area contributed by atoms with Crippen LogP contribution < -0.4 is 0 Å². The molecule has 0 rings (SSSR count). The third kappa shape index (κ3) is 14.8. The van der Waals surface area contributed by atoms with Crippen molar-refractivity contribution in [1.29, 1.82) is 5.26 Å². The molecule has 23 heavy (non-hydrogen) atoms. The summed E-state index contributed by atoms with van der Waals surface area (Å²) in [4.78, 5) is 0. The highest BCUT2D eigenvalue weighted by molar-refractivity contribution is 4.51. The van der Waals surface area contributed by atoms with Gasteiger partial charge in [0.1, 0.15) is 0 Å². The number of unbranched alkanes of at least 4 members (excludes halogenated alkanes) is 8. The van der Waals surface area contributed by atoms with Crippen LogP contribution in [0.3, 0.4) is 0 Å². The Bertz CT molecular complexity index is 190. The monoisotopic (exact) mass is 324 g/mol. The van der Waals surface area contributed by atoms with Gasteiger partial charge in [-0.15, -0.1) is 0 Å². The predicted octanol–water partition coefficient (Wildman–Crippen LogP) is 6.66. The molecule has 138 valence electrons. The zero-order valence-corrected chi connectivity index (χ0v) is 16.7. The highest BCUT2D eigenvalue weighted by atomic mass is 15.3. The molecule has 0 saturated heterocycles. The molecule has 0 aromatic heterocycles. The van der Waals surface area contributed by atoms with E-state index in [0.717, 1.165) is 0 Å². The lowest BCUT2D eigenvalue weighted by Gasteiger charge is -2.39. The SMILES string of the molecule is CCCCC[N+](CCCCC)(CCCCC)CCCCC.[C-]#N. The second kappa shape index (κ2) is 19.5. The lowest BCUT2D eigenvalue weighted by Crippen LogP contribution is -2.50. The van der Waals surface area contributed by atoms with Gasteiger partial charge in [-0.3, -0.25) is 0 Å². The molecule has 0 spiro atoms. The van der Waals surface area contributed by atoms with E-state index >= 15 is 0 Å². The highest BCUT2D eigenvalue weighted by Gasteiger charge is 2.25. The lowest BCUT2D eigenvalue weighted by molar-refractivity contribution is -0.929. The van der Waals surface area contributed by atoms with Crippen molar-refractivity contribution in [2.24, 2.45) is 0 Å². The summed E-state index contributed by atoms with van der Waals surface area (Å²) in [7, 11) is 0. The summed E-state index contributed by atoms with van der Waals surface area (Å²) in [6.45, 7) is 19.9.